The van der Waals surface area contributed by atoms with Gasteiger partial charge >= 0.3 is 0 Å². The molecule has 7 heteroatoms. The lowest BCUT2D eigenvalue weighted by molar-refractivity contribution is -0.132. The van der Waals surface area contributed by atoms with Crippen LogP contribution in [0.25, 0.3) is 0 Å². The summed E-state index contributed by atoms with van der Waals surface area (Å²) in [6.07, 6.45) is 3.30. The van der Waals surface area contributed by atoms with Gasteiger partial charge in [-0.15, -0.1) is 0 Å². The molecular formula is C13H13ClFN3O2. The van der Waals surface area contributed by atoms with Gasteiger partial charge in [0.05, 0.1) is 11.6 Å². The van der Waals surface area contributed by atoms with Crippen LogP contribution in [0.4, 0.5) is 4.39 Å². The molecule has 20 heavy (non-hydrogen) atoms. The van der Waals surface area contributed by atoms with Crippen LogP contribution in [0.3, 0.4) is 0 Å². The minimum absolute atomic E-state index is 0.131. The second-order valence-electron chi connectivity index (χ2n) is 4.15. The molecule has 1 aromatic heterocycles. The highest BCUT2D eigenvalue weighted by atomic mass is 35.5. The molecule has 0 radical (unpaired) electrons. The van der Waals surface area contributed by atoms with Crippen LogP contribution in [-0.2, 0) is 11.3 Å². The van der Waals surface area contributed by atoms with E-state index in [4.69, 9.17) is 16.3 Å². The first-order chi connectivity index (χ1) is 9.56. The molecule has 0 aliphatic carbocycles. The molecule has 0 spiro atoms. The van der Waals surface area contributed by atoms with Crippen LogP contribution in [-0.4, -0.2) is 34.4 Å². The van der Waals surface area contributed by atoms with Gasteiger partial charge in [0.1, 0.15) is 17.4 Å². The maximum atomic E-state index is 12.9. The standard InChI is InChI=1S/C13H13ClFN3O2/c1-18(7-12-16-4-5-17-12)13(19)8-20-11-3-2-9(15)6-10(11)14/h2-6H,7-8H2,1H3,(H,16,17). The van der Waals surface area contributed by atoms with E-state index in [1.54, 1.807) is 19.4 Å². The Morgan fingerprint density at radius 3 is 3.00 bits per heavy atom. The van der Waals surface area contributed by atoms with Crippen molar-refractivity contribution in [3.8, 4) is 5.75 Å². The quantitative estimate of drug-likeness (QED) is 0.921. The molecule has 0 fully saturated rings. The van der Waals surface area contributed by atoms with E-state index in [1.807, 2.05) is 0 Å². The van der Waals surface area contributed by atoms with E-state index in [0.29, 0.717) is 12.4 Å². The molecule has 1 N–H and O–H groups in total. The fraction of sp³-hybridized carbons (Fsp3) is 0.231. The van der Waals surface area contributed by atoms with Crippen molar-refractivity contribution in [1.82, 2.24) is 14.9 Å². The maximum absolute atomic E-state index is 12.9. The minimum Gasteiger partial charge on any atom is -0.482 e. The number of likely N-dealkylation sites (N-methyl/N-ethyl adjacent to an activating group) is 1. The number of amides is 1. The number of H-pyrrole nitrogens is 1. The van der Waals surface area contributed by atoms with Crippen molar-refractivity contribution in [1.29, 1.82) is 0 Å². The number of aromatic nitrogens is 2. The van der Waals surface area contributed by atoms with Gasteiger partial charge in [0, 0.05) is 19.4 Å². The van der Waals surface area contributed by atoms with Gasteiger partial charge in [0.2, 0.25) is 0 Å². The lowest BCUT2D eigenvalue weighted by Gasteiger charge is -2.16. The molecule has 0 aliphatic rings. The van der Waals surface area contributed by atoms with Gasteiger partial charge in [-0.1, -0.05) is 11.6 Å². The van der Waals surface area contributed by atoms with Crippen LogP contribution in [0, 0.1) is 5.82 Å². The molecule has 0 unspecified atom stereocenters. The minimum atomic E-state index is -0.455. The summed E-state index contributed by atoms with van der Waals surface area (Å²) < 4.78 is 18.1. The van der Waals surface area contributed by atoms with Crippen LogP contribution in [0.2, 0.25) is 5.02 Å². The first-order valence-electron chi connectivity index (χ1n) is 5.86. The predicted octanol–water partition coefficient (Wildman–Crippen LogP) is 2.24. The van der Waals surface area contributed by atoms with Crippen LogP contribution >= 0.6 is 11.6 Å². The van der Waals surface area contributed by atoms with E-state index in [9.17, 15) is 9.18 Å². The third-order valence-corrected chi connectivity index (χ3v) is 2.91. The summed E-state index contributed by atoms with van der Waals surface area (Å²) in [6, 6.07) is 3.74. The van der Waals surface area contributed by atoms with Gasteiger partial charge in [-0.05, 0) is 18.2 Å². The Morgan fingerprint density at radius 1 is 1.55 bits per heavy atom. The molecular weight excluding hydrogens is 285 g/mol. The third kappa shape index (κ3) is 3.71. The number of carbonyl (C=O) groups is 1. The Hall–Kier alpha value is -2.08. The lowest BCUT2D eigenvalue weighted by Crippen LogP contribution is -2.31. The Bertz CT molecular complexity index is 589. The number of imidazole rings is 1. The Labute approximate surface area is 120 Å². The van der Waals surface area contributed by atoms with Crippen molar-refractivity contribution in [3.05, 3.63) is 47.3 Å². The zero-order valence-corrected chi connectivity index (χ0v) is 11.5. The fourth-order valence-electron chi connectivity index (χ4n) is 1.54. The van der Waals surface area contributed by atoms with Gasteiger partial charge in [-0.25, -0.2) is 9.37 Å². The number of rotatable bonds is 5. The summed E-state index contributed by atoms with van der Waals surface area (Å²) in [5.74, 6) is 0.263. The van der Waals surface area contributed by atoms with E-state index in [1.165, 1.54) is 17.0 Å². The summed E-state index contributed by atoms with van der Waals surface area (Å²) in [4.78, 5) is 20.3. The third-order valence-electron chi connectivity index (χ3n) is 2.61. The number of aromatic amines is 1. The number of carbonyl (C=O) groups excluding carboxylic acids is 1. The summed E-state index contributed by atoms with van der Waals surface area (Å²) in [7, 11) is 1.64. The average molecular weight is 298 g/mol. The van der Waals surface area contributed by atoms with E-state index < -0.39 is 5.82 Å². The van der Waals surface area contributed by atoms with Gasteiger partial charge in [0.25, 0.3) is 5.91 Å². The summed E-state index contributed by atoms with van der Waals surface area (Å²) in [5, 5.41) is 0.131. The maximum Gasteiger partial charge on any atom is 0.260 e. The number of nitrogens with one attached hydrogen (secondary N) is 1. The number of ether oxygens (including phenoxy) is 1. The number of halogens is 2. The molecule has 0 atom stereocenters. The summed E-state index contributed by atoms with van der Waals surface area (Å²) in [6.45, 7) is 0.176. The smallest absolute Gasteiger partial charge is 0.260 e. The van der Waals surface area contributed by atoms with Gasteiger partial charge < -0.3 is 14.6 Å². The van der Waals surface area contributed by atoms with Gasteiger partial charge in [-0.3, -0.25) is 4.79 Å². The first-order valence-corrected chi connectivity index (χ1v) is 6.24. The normalized spacial score (nSPS) is 10.3. The van der Waals surface area contributed by atoms with Crippen molar-refractivity contribution >= 4 is 17.5 Å². The molecule has 1 aromatic carbocycles. The number of hydrogen-bond donors (Lipinski definition) is 1. The van der Waals surface area contributed by atoms with Crippen LogP contribution in [0.15, 0.2) is 30.6 Å². The van der Waals surface area contributed by atoms with Crippen molar-refractivity contribution in [2.75, 3.05) is 13.7 Å². The van der Waals surface area contributed by atoms with Crippen LogP contribution < -0.4 is 4.74 Å². The fourth-order valence-corrected chi connectivity index (χ4v) is 1.76. The molecule has 2 aromatic rings. The molecule has 5 nitrogen and oxygen atoms in total. The zero-order chi connectivity index (χ0) is 14.5. The number of hydrogen-bond acceptors (Lipinski definition) is 3. The summed E-state index contributed by atoms with van der Waals surface area (Å²) in [5.41, 5.74) is 0. The molecule has 1 heterocycles. The largest absolute Gasteiger partial charge is 0.482 e. The number of nitrogens with zero attached hydrogens (tertiary/aromatic N) is 2. The molecule has 0 bridgehead atoms. The zero-order valence-electron chi connectivity index (χ0n) is 10.8. The van der Waals surface area contributed by atoms with Crippen LogP contribution in [0.1, 0.15) is 5.82 Å². The van der Waals surface area contributed by atoms with E-state index >= 15 is 0 Å². The SMILES string of the molecule is CN(Cc1ncc[nH]1)C(=O)COc1ccc(F)cc1Cl. The molecule has 2 rings (SSSR count). The van der Waals surface area contributed by atoms with Gasteiger partial charge in [0.15, 0.2) is 6.61 Å². The van der Waals surface area contributed by atoms with E-state index in [2.05, 4.69) is 9.97 Å². The van der Waals surface area contributed by atoms with E-state index in [-0.39, 0.29) is 23.3 Å². The summed E-state index contributed by atoms with van der Waals surface area (Å²) >= 11 is 5.80. The van der Waals surface area contributed by atoms with Crippen molar-refractivity contribution in [2.24, 2.45) is 0 Å². The highest BCUT2D eigenvalue weighted by molar-refractivity contribution is 6.32. The topological polar surface area (TPSA) is 58.2 Å². The Kier molecular flexibility index (Phi) is 4.57. The van der Waals surface area contributed by atoms with Crippen molar-refractivity contribution in [3.63, 3.8) is 0 Å². The molecule has 0 saturated carbocycles. The lowest BCUT2D eigenvalue weighted by atomic mass is 10.3. The molecule has 1 amide bonds. The van der Waals surface area contributed by atoms with Crippen molar-refractivity contribution < 1.29 is 13.9 Å². The molecule has 106 valence electrons. The number of benzene rings is 1. The van der Waals surface area contributed by atoms with Crippen LogP contribution in [0.5, 0.6) is 5.75 Å². The van der Waals surface area contributed by atoms with Gasteiger partial charge in [-0.2, -0.15) is 0 Å². The highest BCUT2D eigenvalue weighted by Gasteiger charge is 2.12. The second-order valence-corrected chi connectivity index (χ2v) is 4.56. The first kappa shape index (κ1) is 14.3. The average Bonchev–Trinajstić information content (AvgIpc) is 2.90. The highest BCUT2D eigenvalue weighted by Crippen LogP contribution is 2.24. The Morgan fingerprint density at radius 2 is 2.35 bits per heavy atom. The molecule has 0 saturated heterocycles. The monoisotopic (exact) mass is 297 g/mol. The predicted molar refractivity (Wildman–Crippen MR) is 72.0 cm³/mol. The molecule has 0 aliphatic heterocycles. The second kappa shape index (κ2) is 6.38. The Balaban J connectivity index is 1.88. The van der Waals surface area contributed by atoms with E-state index in [0.717, 1.165) is 6.07 Å². The van der Waals surface area contributed by atoms with Crippen molar-refractivity contribution in [2.45, 2.75) is 6.54 Å².